The Balaban J connectivity index is 1.45. The molecule has 0 spiro atoms. The van der Waals surface area contributed by atoms with Crippen LogP contribution in [0.15, 0.2) is 30.7 Å². The van der Waals surface area contributed by atoms with Crippen LogP contribution in [-0.4, -0.2) is 39.7 Å². The summed E-state index contributed by atoms with van der Waals surface area (Å²) in [4.78, 5) is 16.9. The van der Waals surface area contributed by atoms with Crippen molar-refractivity contribution in [3.05, 3.63) is 36.4 Å². The predicted molar refractivity (Wildman–Crippen MR) is 86.8 cm³/mol. The van der Waals surface area contributed by atoms with Gasteiger partial charge in [-0.25, -0.2) is 0 Å². The molecule has 23 heavy (non-hydrogen) atoms. The third-order valence-corrected chi connectivity index (χ3v) is 5.10. The van der Waals surface area contributed by atoms with E-state index in [1.54, 1.807) is 18.5 Å². The molecule has 0 bridgehead atoms. The molecule has 0 radical (unpaired) electrons. The van der Waals surface area contributed by atoms with Crippen LogP contribution < -0.4 is 10.6 Å². The molecule has 3 heterocycles. The fourth-order valence-electron chi connectivity index (χ4n) is 3.54. The third kappa shape index (κ3) is 2.86. The van der Waals surface area contributed by atoms with Crippen LogP contribution >= 0.6 is 0 Å². The monoisotopic (exact) mass is 311 g/mol. The molecular formula is C17H21N5O. The van der Waals surface area contributed by atoms with Crippen molar-refractivity contribution < 1.29 is 4.79 Å². The minimum Gasteiger partial charge on any atom is -0.345 e. The standard InChI is InChI=1S/C17H21N5O/c23-16(22-17(5-6-17)14-3-7-18-8-4-14)15-2-1-12(9-19-15)13-10-20-21-11-13/h1-2,9-11,14,18H,3-8H2,(H,20,21)(H,22,23). The number of nitrogens with zero attached hydrogens (tertiary/aromatic N) is 2. The SMILES string of the molecule is O=C(NC1(C2CCNCC2)CC1)c1ccc(-c2cn[nH]c2)cn1. The molecule has 0 aromatic carbocycles. The molecule has 6 heteroatoms. The molecule has 2 aliphatic rings. The maximum atomic E-state index is 12.5. The van der Waals surface area contributed by atoms with Crippen LogP contribution in [0, 0.1) is 5.92 Å². The van der Waals surface area contributed by atoms with Crippen LogP contribution in [0.4, 0.5) is 0 Å². The summed E-state index contributed by atoms with van der Waals surface area (Å²) in [6.45, 7) is 2.11. The molecule has 3 N–H and O–H groups in total. The lowest BCUT2D eigenvalue weighted by atomic mass is 9.88. The number of aromatic nitrogens is 3. The summed E-state index contributed by atoms with van der Waals surface area (Å²) >= 11 is 0. The van der Waals surface area contributed by atoms with E-state index in [9.17, 15) is 4.79 Å². The Morgan fingerprint density at radius 3 is 2.61 bits per heavy atom. The second-order valence-electron chi connectivity index (χ2n) is 6.55. The molecule has 2 fully saturated rings. The lowest BCUT2D eigenvalue weighted by Crippen LogP contribution is -2.46. The number of pyridine rings is 1. The van der Waals surface area contributed by atoms with E-state index in [4.69, 9.17) is 0 Å². The van der Waals surface area contributed by atoms with Gasteiger partial charge >= 0.3 is 0 Å². The molecule has 1 amide bonds. The van der Waals surface area contributed by atoms with Gasteiger partial charge in [0, 0.05) is 29.1 Å². The molecular weight excluding hydrogens is 290 g/mol. The summed E-state index contributed by atoms with van der Waals surface area (Å²) in [6.07, 6.45) is 9.76. The predicted octanol–water partition coefficient (Wildman–Crippen LogP) is 1.73. The number of carbonyl (C=O) groups is 1. The lowest BCUT2D eigenvalue weighted by molar-refractivity contribution is 0.0899. The Morgan fingerprint density at radius 2 is 2.00 bits per heavy atom. The molecule has 1 saturated heterocycles. The van der Waals surface area contributed by atoms with Gasteiger partial charge in [-0.05, 0) is 50.8 Å². The van der Waals surface area contributed by atoms with Crippen molar-refractivity contribution in [2.24, 2.45) is 5.92 Å². The largest absolute Gasteiger partial charge is 0.345 e. The molecule has 120 valence electrons. The maximum Gasteiger partial charge on any atom is 0.270 e. The van der Waals surface area contributed by atoms with E-state index in [-0.39, 0.29) is 11.4 Å². The van der Waals surface area contributed by atoms with E-state index in [1.165, 1.54) is 0 Å². The van der Waals surface area contributed by atoms with Gasteiger partial charge in [0.1, 0.15) is 5.69 Å². The number of piperidine rings is 1. The molecule has 6 nitrogen and oxygen atoms in total. The normalized spacial score (nSPS) is 20.2. The highest BCUT2D eigenvalue weighted by Crippen LogP contribution is 2.46. The molecule has 1 aliphatic carbocycles. The number of aromatic amines is 1. The summed E-state index contributed by atoms with van der Waals surface area (Å²) in [5.41, 5.74) is 2.43. The van der Waals surface area contributed by atoms with E-state index in [2.05, 4.69) is 25.8 Å². The molecule has 1 saturated carbocycles. The number of hydrogen-bond donors (Lipinski definition) is 3. The first-order chi connectivity index (χ1) is 11.3. The number of H-pyrrole nitrogens is 1. The van der Waals surface area contributed by atoms with E-state index < -0.39 is 0 Å². The first kappa shape index (κ1) is 14.4. The molecule has 2 aromatic heterocycles. The smallest absolute Gasteiger partial charge is 0.270 e. The molecule has 0 unspecified atom stereocenters. The first-order valence-electron chi connectivity index (χ1n) is 8.25. The average Bonchev–Trinajstić information content (AvgIpc) is 3.18. The van der Waals surface area contributed by atoms with E-state index in [1.807, 2.05) is 12.3 Å². The summed E-state index contributed by atoms with van der Waals surface area (Å²) < 4.78 is 0. The van der Waals surface area contributed by atoms with E-state index in [0.717, 1.165) is 49.9 Å². The summed E-state index contributed by atoms with van der Waals surface area (Å²) in [7, 11) is 0. The highest BCUT2D eigenvalue weighted by atomic mass is 16.2. The van der Waals surface area contributed by atoms with Gasteiger partial charge in [-0.15, -0.1) is 0 Å². The van der Waals surface area contributed by atoms with Crippen molar-refractivity contribution in [3.63, 3.8) is 0 Å². The van der Waals surface area contributed by atoms with Crippen molar-refractivity contribution in [2.45, 2.75) is 31.2 Å². The number of rotatable bonds is 4. The van der Waals surface area contributed by atoms with Gasteiger partial charge in [0.15, 0.2) is 0 Å². The van der Waals surface area contributed by atoms with Crippen LogP contribution in [0.2, 0.25) is 0 Å². The average molecular weight is 311 g/mol. The van der Waals surface area contributed by atoms with Crippen LogP contribution in [0.25, 0.3) is 11.1 Å². The number of amides is 1. The zero-order valence-electron chi connectivity index (χ0n) is 13.0. The summed E-state index contributed by atoms with van der Waals surface area (Å²) in [6, 6.07) is 3.70. The zero-order valence-corrected chi connectivity index (χ0v) is 13.0. The van der Waals surface area contributed by atoms with Crippen LogP contribution in [-0.2, 0) is 0 Å². The Bertz CT molecular complexity index is 670. The van der Waals surface area contributed by atoms with Gasteiger partial charge < -0.3 is 10.6 Å². The summed E-state index contributed by atoms with van der Waals surface area (Å²) in [5, 5.41) is 13.4. The van der Waals surface area contributed by atoms with Crippen LogP contribution in [0.3, 0.4) is 0 Å². The second kappa shape index (κ2) is 5.77. The Labute approximate surface area is 135 Å². The van der Waals surface area contributed by atoms with Crippen molar-refractivity contribution >= 4 is 5.91 Å². The van der Waals surface area contributed by atoms with Crippen molar-refractivity contribution in [1.82, 2.24) is 25.8 Å². The van der Waals surface area contributed by atoms with Crippen LogP contribution in [0.1, 0.15) is 36.2 Å². The van der Waals surface area contributed by atoms with Gasteiger partial charge in [-0.2, -0.15) is 5.10 Å². The highest BCUT2D eigenvalue weighted by molar-refractivity contribution is 5.93. The van der Waals surface area contributed by atoms with Crippen molar-refractivity contribution in [2.75, 3.05) is 13.1 Å². The quantitative estimate of drug-likeness (QED) is 0.803. The summed E-state index contributed by atoms with van der Waals surface area (Å²) in [5.74, 6) is 0.540. The van der Waals surface area contributed by atoms with Gasteiger partial charge in [0.25, 0.3) is 5.91 Å². The first-order valence-corrected chi connectivity index (χ1v) is 8.25. The minimum absolute atomic E-state index is 0.0179. The van der Waals surface area contributed by atoms with Crippen LogP contribution in [0.5, 0.6) is 0 Å². The number of nitrogens with one attached hydrogen (secondary N) is 3. The van der Waals surface area contributed by atoms with Gasteiger partial charge in [-0.3, -0.25) is 14.9 Å². The lowest BCUT2D eigenvalue weighted by Gasteiger charge is -2.31. The minimum atomic E-state index is -0.0558. The topological polar surface area (TPSA) is 82.7 Å². The zero-order chi connectivity index (χ0) is 15.7. The van der Waals surface area contributed by atoms with Gasteiger partial charge in [0.2, 0.25) is 0 Å². The highest BCUT2D eigenvalue weighted by Gasteiger charge is 2.50. The van der Waals surface area contributed by atoms with E-state index in [0.29, 0.717) is 11.6 Å². The number of carbonyl (C=O) groups excluding carboxylic acids is 1. The number of hydrogen-bond acceptors (Lipinski definition) is 4. The Hall–Kier alpha value is -2.21. The molecule has 2 aromatic rings. The maximum absolute atomic E-state index is 12.5. The fourth-order valence-corrected chi connectivity index (χ4v) is 3.54. The molecule has 0 atom stereocenters. The van der Waals surface area contributed by atoms with Gasteiger partial charge in [-0.1, -0.05) is 6.07 Å². The van der Waals surface area contributed by atoms with Crippen molar-refractivity contribution in [1.29, 1.82) is 0 Å². The van der Waals surface area contributed by atoms with Crippen molar-refractivity contribution in [3.8, 4) is 11.1 Å². The second-order valence-corrected chi connectivity index (χ2v) is 6.55. The Morgan fingerprint density at radius 1 is 1.17 bits per heavy atom. The Kier molecular flexibility index (Phi) is 3.61. The van der Waals surface area contributed by atoms with E-state index >= 15 is 0 Å². The fraction of sp³-hybridized carbons (Fsp3) is 0.471. The molecule has 4 rings (SSSR count). The third-order valence-electron chi connectivity index (χ3n) is 5.10. The van der Waals surface area contributed by atoms with Gasteiger partial charge in [0.05, 0.1) is 6.20 Å². The molecule has 1 aliphatic heterocycles.